The molecule has 0 saturated carbocycles. The first-order chi connectivity index (χ1) is 8.13. The molecule has 0 spiro atoms. The third-order valence-electron chi connectivity index (χ3n) is 2.01. The van der Waals surface area contributed by atoms with Crippen molar-refractivity contribution in [1.82, 2.24) is 0 Å². The Kier molecular flexibility index (Phi) is 4.94. The van der Waals surface area contributed by atoms with Crippen LogP contribution in [-0.4, -0.2) is 25.2 Å². The summed E-state index contributed by atoms with van der Waals surface area (Å²) in [6.07, 6.45) is 1.06. The third kappa shape index (κ3) is 4.51. The lowest BCUT2D eigenvalue weighted by molar-refractivity contribution is -0.138. The number of hydrogen-bond donors (Lipinski definition) is 0. The van der Waals surface area contributed by atoms with Gasteiger partial charge in [-0.15, -0.1) is 0 Å². The van der Waals surface area contributed by atoms with Gasteiger partial charge in [0.1, 0.15) is 13.2 Å². The van der Waals surface area contributed by atoms with Crippen molar-refractivity contribution < 1.29 is 19.1 Å². The Bertz CT molecular complexity index is 406. The maximum absolute atomic E-state index is 11.5. The number of carbonyl (C=O) groups is 2. The van der Waals surface area contributed by atoms with E-state index in [1.807, 2.05) is 19.1 Å². The van der Waals surface area contributed by atoms with E-state index in [2.05, 4.69) is 11.3 Å². The van der Waals surface area contributed by atoms with Crippen LogP contribution in [0.1, 0.15) is 15.9 Å². The van der Waals surface area contributed by atoms with E-state index in [4.69, 9.17) is 4.74 Å². The molecule has 0 unspecified atom stereocenters. The minimum absolute atomic E-state index is 0.0302. The molecule has 1 aromatic rings. The van der Waals surface area contributed by atoms with Crippen LogP contribution in [0, 0.1) is 6.92 Å². The minimum atomic E-state index is -0.531. The number of benzene rings is 1. The molecule has 17 heavy (non-hydrogen) atoms. The second-order valence-electron chi connectivity index (χ2n) is 3.37. The highest BCUT2D eigenvalue weighted by molar-refractivity contribution is 5.89. The first kappa shape index (κ1) is 13.0. The Labute approximate surface area is 99.8 Å². The maximum atomic E-state index is 11.5. The van der Waals surface area contributed by atoms with Gasteiger partial charge in [-0.1, -0.05) is 24.3 Å². The summed E-state index contributed by atoms with van der Waals surface area (Å²) in [5, 5.41) is 0. The lowest BCUT2D eigenvalue weighted by Gasteiger charge is -2.05. The standard InChI is InChI=1S/C13H14O4/c1-3-12(14)16-8-9-17-13(15)11-6-4-10(2)5-7-11/h3-7H,1,8-9H2,2H3. The highest BCUT2D eigenvalue weighted by Gasteiger charge is 2.06. The molecule has 1 aromatic carbocycles. The molecule has 4 heteroatoms. The normalized spacial score (nSPS) is 9.47. The fourth-order valence-corrected chi connectivity index (χ4v) is 1.11. The van der Waals surface area contributed by atoms with Gasteiger partial charge in [-0.3, -0.25) is 0 Å². The minimum Gasteiger partial charge on any atom is -0.459 e. The summed E-state index contributed by atoms with van der Waals surface area (Å²) in [7, 11) is 0. The summed E-state index contributed by atoms with van der Waals surface area (Å²) in [5.74, 6) is -0.962. The van der Waals surface area contributed by atoms with Gasteiger partial charge in [0.15, 0.2) is 0 Å². The number of esters is 2. The maximum Gasteiger partial charge on any atom is 0.338 e. The number of carbonyl (C=O) groups excluding carboxylic acids is 2. The lowest BCUT2D eigenvalue weighted by atomic mass is 10.1. The van der Waals surface area contributed by atoms with Crippen molar-refractivity contribution in [3.63, 3.8) is 0 Å². The van der Waals surface area contributed by atoms with Crippen molar-refractivity contribution in [3.8, 4) is 0 Å². The van der Waals surface area contributed by atoms with Gasteiger partial charge in [0, 0.05) is 6.08 Å². The van der Waals surface area contributed by atoms with E-state index in [-0.39, 0.29) is 13.2 Å². The Balaban J connectivity index is 2.32. The molecule has 0 aliphatic rings. The van der Waals surface area contributed by atoms with Crippen LogP contribution in [0.5, 0.6) is 0 Å². The summed E-state index contributed by atoms with van der Waals surface area (Å²) >= 11 is 0. The molecule has 0 aliphatic carbocycles. The predicted octanol–water partition coefficient (Wildman–Crippen LogP) is 1.88. The fraction of sp³-hybridized carbons (Fsp3) is 0.231. The van der Waals surface area contributed by atoms with E-state index in [0.717, 1.165) is 11.6 Å². The first-order valence-electron chi connectivity index (χ1n) is 5.16. The van der Waals surface area contributed by atoms with Gasteiger partial charge in [-0.05, 0) is 19.1 Å². The van der Waals surface area contributed by atoms with Crippen LogP contribution < -0.4 is 0 Å². The average molecular weight is 234 g/mol. The van der Waals surface area contributed by atoms with Crippen molar-refractivity contribution in [3.05, 3.63) is 48.0 Å². The second kappa shape index (κ2) is 6.48. The molecule has 0 fully saturated rings. The molecule has 0 atom stereocenters. The molecule has 0 aromatic heterocycles. The number of ether oxygens (including phenoxy) is 2. The van der Waals surface area contributed by atoms with E-state index in [9.17, 15) is 9.59 Å². The highest BCUT2D eigenvalue weighted by atomic mass is 16.6. The summed E-state index contributed by atoms with van der Waals surface area (Å²) in [6, 6.07) is 7.03. The van der Waals surface area contributed by atoms with Gasteiger partial charge in [0.25, 0.3) is 0 Å². The van der Waals surface area contributed by atoms with E-state index in [1.54, 1.807) is 12.1 Å². The molecule has 0 aliphatic heterocycles. The zero-order chi connectivity index (χ0) is 12.7. The Morgan fingerprint density at radius 1 is 1.18 bits per heavy atom. The van der Waals surface area contributed by atoms with Crippen molar-refractivity contribution >= 4 is 11.9 Å². The molecule has 0 heterocycles. The van der Waals surface area contributed by atoms with Crippen molar-refractivity contribution in [2.45, 2.75) is 6.92 Å². The van der Waals surface area contributed by atoms with Gasteiger partial charge in [-0.2, -0.15) is 0 Å². The summed E-state index contributed by atoms with van der Waals surface area (Å²) in [6.45, 7) is 5.25. The van der Waals surface area contributed by atoms with Crippen LogP contribution in [0.4, 0.5) is 0 Å². The number of hydrogen-bond acceptors (Lipinski definition) is 4. The van der Waals surface area contributed by atoms with E-state index >= 15 is 0 Å². The topological polar surface area (TPSA) is 52.6 Å². The zero-order valence-electron chi connectivity index (χ0n) is 9.64. The molecule has 0 bridgehead atoms. The van der Waals surface area contributed by atoms with Crippen LogP contribution in [-0.2, 0) is 14.3 Å². The number of rotatable bonds is 5. The van der Waals surface area contributed by atoms with E-state index in [1.165, 1.54) is 0 Å². The second-order valence-corrected chi connectivity index (χ2v) is 3.37. The quantitative estimate of drug-likeness (QED) is 0.443. The Morgan fingerprint density at radius 2 is 1.76 bits per heavy atom. The van der Waals surface area contributed by atoms with Crippen LogP contribution in [0.25, 0.3) is 0 Å². The predicted molar refractivity (Wildman–Crippen MR) is 62.6 cm³/mol. The van der Waals surface area contributed by atoms with Crippen LogP contribution in [0.3, 0.4) is 0 Å². The molecule has 0 saturated heterocycles. The molecular weight excluding hydrogens is 220 g/mol. The number of aryl methyl sites for hydroxylation is 1. The average Bonchev–Trinajstić information content (AvgIpc) is 2.34. The van der Waals surface area contributed by atoms with E-state index in [0.29, 0.717) is 5.56 Å². The van der Waals surface area contributed by atoms with Gasteiger partial charge in [0.05, 0.1) is 5.56 Å². The van der Waals surface area contributed by atoms with Crippen LogP contribution in [0.15, 0.2) is 36.9 Å². The Morgan fingerprint density at radius 3 is 2.35 bits per heavy atom. The SMILES string of the molecule is C=CC(=O)OCCOC(=O)c1ccc(C)cc1. The lowest BCUT2D eigenvalue weighted by Crippen LogP contribution is -2.12. The van der Waals surface area contributed by atoms with Crippen molar-refractivity contribution in [2.24, 2.45) is 0 Å². The molecule has 0 N–H and O–H groups in total. The van der Waals surface area contributed by atoms with Gasteiger partial charge < -0.3 is 9.47 Å². The summed E-state index contributed by atoms with van der Waals surface area (Å²) in [5.41, 5.74) is 1.55. The molecule has 1 rings (SSSR count). The largest absolute Gasteiger partial charge is 0.459 e. The van der Waals surface area contributed by atoms with Crippen LogP contribution >= 0.6 is 0 Å². The molecular formula is C13H14O4. The monoisotopic (exact) mass is 234 g/mol. The summed E-state index contributed by atoms with van der Waals surface area (Å²) in [4.78, 5) is 22.2. The van der Waals surface area contributed by atoms with Crippen molar-refractivity contribution in [1.29, 1.82) is 0 Å². The molecule has 0 radical (unpaired) electrons. The first-order valence-corrected chi connectivity index (χ1v) is 5.16. The van der Waals surface area contributed by atoms with Crippen molar-refractivity contribution in [2.75, 3.05) is 13.2 Å². The summed E-state index contributed by atoms with van der Waals surface area (Å²) < 4.78 is 9.57. The molecule has 90 valence electrons. The van der Waals surface area contributed by atoms with E-state index < -0.39 is 11.9 Å². The molecule has 0 amide bonds. The zero-order valence-corrected chi connectivity index (χ0v) is 9.64. The van der Waals surface area contributed by atoms with Gasteiger partial charge in [-0.25, -0.2) is 9.59 Å². The van der Waals surface area contributed by atoms with Gasteiger partial charge >= 0.3 is 11.9 Å². The highest BCUT2D eigenvalue weighted by Crippen LogP contribution is 2.04. The van der Waals surface area contributed by atoms with Gasteiger partial charge in [0.2, 0.25) is 0 Å². The third-order valence-corrected chi connectivity index (χ3v) is 2.01. The smallest absolute Gasteiger partial charge is 0.338 e. The fourth-order valence-electron chi connectivity index (χ4n) is 1.11. The molecule has 4 nitrogen and oxygen atoms in total. The Hall–Kier alpha value is -2.10. The van der Waals surface area contributed by atoms with Crippen LogP contribution in [0.2, 0.25) is 0 Å².